The van der Waals surface area contributed by atoms with Gasteiger partial charge in [0.2, 0.25) is 5.91 Å². The smallest absolute Gasteiger partial charge is 0.240 e. The Bertz CT molecular complexity index is 541. The van der Waals surface area contributed by atoms with Gasteiger partial charge in [-0.2, -0.15) is 0 Å². The summed E-state index contributed by atoms with van der Waals surface area (Å²) in [4.78, 5) is 12.3. The summed E-state index contributed by atoms with van der Waals surface area (Å²) < 4.78 is 6.01. The van der Waals surface area contributed by atoms with Gasteiger partial charge in [0.05, 0.1) is 5.54 Å². The molecule has 3 N–H and O–H groups in total. The van der Waals surface area contributed by atoms with Crippen molar-refractivity contribution in [3.8, 4) is 5.75 Å². The lowest BCUT2D eigenvalue weighted by atomic mass is 9.98. The van der Waals surface area contributed by atoms with Gasteiger partial charge in [0.15, 0.2) is 0 Å². The molecule has 0 heterocycles. The number of ether oxygens (including phenoxy) is 1. The number of nitrogens with two attached hydrogens (primary N) is 1. The molecule has 0 atom stereocenters. The van der Waals surface area contributed by atoms with Crippen LogP contribution in [-0.4, -0.2) is 17.0 Å². The molecule has 1 aromatic carbocycles. The first-order chi connectivity index (χ1) is 10.2. The number of benzene rings is 1. The van der Waals surface area contributed by atoms with Crippen LogP contribution >= 0.6 is 0 Å². The molecule has 2 rings (SSSR count). The van der Waals surface area contributed by atoms with Crippen molar-refractivity contribution in [2.75, 3.05) is 0 Å². The maximum atomic E-state index is 12.3. The molecule has 122 valence electrons. The molecule has 1 aliphatic rings. The second kappa shape index (κ2) is 6.29. The summed E-state index contributed by atoms with van der Waals surface area (Å²) >= 11 is 0. The molecule has 0 bridgehead atoms. The number of aryl methyl sites for hydroxylation is 1. The van der Waals surface area contributed by atoms with Gasteiger partial charge in [-0.25, -0.2) is 0 Å². The number of carbonyl (C=O) groups is 1. The molecule has 0 saturated heterocycles. The van der Waals surface area contributed by atoms with Crippen molar-refractivity contribution >= 4 is 5.91 Å². The van der Waals surface area contributed by atoms with E-state index in [2.05, 4.69) is 5.32 Å². The van der Waals surface area contributed by atoms with Gasteiger partial charge in [-0.05, 0) is 52.2 Å². The highest BCUT2D eigenvalue weighted by Crippen LogP contribution is 2.28. The van der Waals surface area contributed by atoms with Gasteiger partial charge in [0, 0.05) is 12.1 Å². The van der Waals surface area contributed by atoms with Crippen LogP contribution < -0.4 is 15.8 Å². The lowest BCUT2D eigenvalue weighted by Crippen LogP contribution is -2.51. The Morgan fingerprint density at radius 3 is 2.55 bits per heavy atom. The Kier molecular flexibility index (Phi) is 4.81. The summed E-state index contributed by atoms with van der Waals surface area (Å²) in [6.45, 7) is 8.54. The van der Waals surface area contributed by atoms with E-state index < -0.39 is 5.54 Å². The Morgan fingerprint density at radius 1 is 1.32 bits per heavy atom. The van der Waals surface area contributed by atoms with Crippen molar-refractivity contribution in [1.82, 2.24) is 5.32 Å². The number of carbonyl (C=O) groups excluding carboxylic acids is 1. The van der Waals surface area contributed by atoms with E-state index in [9.17, 15) is 4.79 Å². The second-order valence-electron chi connectivity index (χ2n) is 7.37. The summed E-state index contributed by atoms with van der Waals surface area (Å²) in [5.74, 6) is 0.776. The fraction of sp³-hybridized carbons (Fsp3) is 0.611. The van der Waals surface area contributed by atoms with Gasteiger partial charge < -0.3 is 15.8 Å². The van der Waals surface area contributed by atoms with Crippen LogP contribution in [0.1, 0.15) is 57.6 Å². The summed E-state index contributed by atoms with van der Waals surface area (Å²) in [5.41, 5.74) is 7.35. The average Bonchev–Trinajstić information content (AvgIpc) is 2.84. The van der Waals surface area contributed by atoms with Crippen LogP contribution in [0.3, 0.4) is 0 Å². The van der Waals surface area contributed by atoms with Crippen LogP contribution in [0.5, 0.6) is 5.75 Å². The minimum absolute atomic E-state index is 0.0488. The molecule has 1 fully saturated rings. The SMILES string of the molecule is Cc1ccc(CNC(=O)C2(N)CCCC2)c(OC(C)(C)C)c1. The van der Waals surface area contributed by atoms with Gasteiger partial charge >= 0.3 is 0 Å². The number of hydrogen-bond donors (Lipinski definition) is 2. The molecule has 1 saturated carbocycles. The molecule has 1 aromatic rings. The van der Waals surface area contributed by atoms with Gasteiger partial charge in [0.25, 0.3) is 0 Å². The Labute approximate surface area is 133 Å². The van der Waals surface area contributed by atoms with Gasteiger partial charge in [-0.1, -0.05) is 25.0 Å². The maximum absolute atomic E-state index is 12.3. The predicted molar refractivity (Wildman–Crippen MR) is 88.8 cm³/mol. The first-order valence-electron chi connectivity index (χ1n) is 8.05. The molecule has 0 unspecified atom stereocenters. The maximum Gasteiger partial charge on any atom is 0.240 e. The Balaban J connectivity index is 2.07. The predicted octanol–water partition coefficient (Wildman–Crippen LogP) is 3.06. The van der Waals surface area contributed by atoms with Crippen molar-refractivity contribution in [2.45, 2.75) is 71.1 Å². The van der Waals surface area contributed by atoms with Crippen LogP contribution in [0.15, 0.2) is 18.2 Å². The molecule has 1 aliphatic carbocycles. The highest BCUT2D eigenvalue weighted by molar-refractivity contribution is 5.86. The Morgan fingerprint density at radius 2 is 1.95 bits per heavy atom. The monoisotopic (exact) mass is 304 g/mol. The number of rotatable bonds is 4. The molecular weight excluding hydrogens is 276 g/mol. The summed E-state index contributed by atoms with van der Waals surface area (Å²) in [7, 11) is 0. The number of nitrogens with one attached hydrogen (secondary N) is 1. The molecule has 0 spiro atoms. The van der Waals surface area contributed by atoms with E-state index in [0.29, 0.717) is 6.54 Å². The van der Waals surface area contributed by atoms with Gasteiger partial charge in [-0.3, -0.25) is 4.79 Å². The molecule has 4 nitrogen and oxygen atoms in total. The van der Waals surface area contributed by atoms with Crippen LogP contribution in [-0.2, 0) is 11.3 Å². The van der Waals surface area contributed by atoms with E-state index in [1.54, 1.807) is 0 Å². The molecule has 1 amide bonds. The lowest BCUT2D eigenvalue weighted by Gasteiger charge is -2.25. The standard InChI is InChI=1S/C18H28N2O2/c1-13-7-8-14(15(11-13)22-17(2,3)4)12-20-16(21)18(19)9-5-6-10-18/h7-8,11H,5-6,9-10,12,19H2,1-4H3,(H,20,21). The third-order valence-electron chi connectivity index (χ3n) is 4.03. The Hall–Kier alpha value is -1.55. The number of hydrogen-bond acceptors (Lipinski definition) is 3. The quantitative estimate of drug-likeness (QED) is 0.898. The van der Waals surface area contributed by atoms with E-state index in [-0.39, 0.29) is 11.5 Å². The highest BCUT2D eigenvalue weighted by atomic mass is 16.5. The summed E-state index contributed by atoms with van der Waals surface area (Å²) in [6, 6.07) is 6.06. The number of amides is 1. The third-order valence-corrected chi connectivity index (χ3v) is 4.03. The zero-order chi connectivity index (χ0) is 16.4. The minimum atomic E-state index is -0.685. The minimum Gasteiger partial charge on any atom is -0.488 e. The fourth-order valence-electron chi connectivity index (χ4n) is 2.82. The first kappa shape index (κ1) is 16.8. The van der Waals surface area contributed by atoms with E-state index in [0.717, 1.165) is 42.6 Å². The van der Waals surface area contributed by atoms with E-state index in [1.165, 1.54) is 0 Å². The lowest BCUT2D eigenvalue weighted by molar-refractivity contribution is -0.126. The molecular formula is C18H28N2O2. The molecule has 0 aliphatic heterocycles. The average molecular weight is 304 g/mol. The van der Waals surface area contributed by atoms with Crippen molar-refractivity contribution < 1.29 is 9.53 Å². The van der Waals surface area contributed by atoms with E-state index in [1.807, 2.05) is 45.9 Å². The zero-order valence-electron chi connectivity index (χ0n) is 14.2. The first-order valence-corrected chi connectivity index (χ1v) is 8.05. The van der Waals surface area contributed by atoms with E-state index in [4.69, 9.17) is 10.5 Å². The molecule has 0 radical (unpaired) electrons. The van der Waals surface area contributed by atoms with Crippen molar-refractivity contribution in [3.05, 3.63) is 29.3 Å². The normalized spacial score (nSPS) is 17.3. The third kappa shape index (κ3) is 4.23. The van der Waals surface area contributed by atoms with Gasteiger partial charge in [-0.15, -0.1) is 0 Å². The van der Waals surface area contributed by atoms with Gasteiger partial charge in [0.1, 0.15) is 11.4 Å². The zero-order valence-corrected chi connectivity index (χ0v) is 14.2. The largest absolute Gasteiger partial charge is 0.488 e. The highest BCUT2D eigenvalue weighted by Gasteiger charge is 2.36. The molecule has 22 heavy (non-hydrogen) atoms. The van der Waals surface area contributed by atoms with Crippen LogP contribution in [0.4, 0.5) is 0 Å². The summed E-state index contributed by atoms with van der Waals surface area (Å²) in [5, 5.41) is 2.98. The van der Waals surface area contributed by atoms with Crippen LogP contribution in [0.2, 0.25) is 0 Å². The fourth-order valence-corrected chi connectivity index (χ4v) is 2.82. The molecule has 4 heteroatoms. The van der Waals surface area contributed by atoms with Crippen molar-refractivity contribution in [1.29, 1.82) is 0 Å². The summed E-state index contributed by atoms with van der Waals surface area (Å²) in [6.07, 6.45) is 3.62. The van der Waals surface area contributed by atoms with Crippen LogP contribution in [0, 0.1) is 6.92 Å². The van der Waals surface area contributed by atoms with E-state index >= 15 is 0 Å². The van der Waals surface area contributed by atoms with Crippen molar-refractivity contribution in [2.24, 2.45) is 5.73 Å². The molecule has 0 aromatic heterocycles. The van der Waals surface area contributed by atoms with Crippen LogP contribution in [0.25, 0.3) is 0 Å². The topological polar surface area (TPSA) is 64.4 Å². The van der Waals surface area contributed by atoms with Crippen molar-refractivity contribution in [3.63, 3.8) is 0 Å². The second-order valence-corrected chi connectivity index (χ2v) is 7.37.